The molecule has 0 radical (unpaired) electrons. The van der Waals surface area contributed by atoms with E-state index in [0.29, 0.717) is 19.3 Å². The maximum atomic E-state index is 12.7. The van der Waals surface area contributed by atoms with Crippen molar-refractivity contribution in [2.24, 2.45) is 0 Å². The molecule has 0 aliphatic carbocycles. The average molecular weight is 755 g/mol. The van der Waals surface area contributed by atoms with E-state index < -0.39 is 18.1 Å². The Balaban J connectivity index is 4.45. The normalized spacial score (nSPS) is 13.9. The maximum Gasteiger partial charge on any atom is 0.362 e. The minimum absolute atomic E-state index is 0.0340. The number of carboxylic acid groups (broad SMARTS) is 1. The van der Waals surface area contributed by atoms with Crippen LogP contribution >= 0.6 is 0 Å². The zero-order valence-corrected chi connectivity index (χ0v) is 34.6. The third kappa shape index (κ3) is 34.3. The van der Waals surface area contributed by atoms with Gasteiger partial charge >= 0.3 is 17.9 Å². The molecule has 54 heavy (non-hydrogen) atoms. The molecule has 0 aromatic carbocycles. The van der Waals surface area contributed by atoms with Gasteiger partial charge in [0, 0.05) is 19.3 Å². The molecule has 8 nitrogen and oxygen atoms in total. The monoisotopic (exact) mass is 755 g/mol. The van der Waals surface area contributed by atoms with Crippen LogP contribution in [0.1, 0.15) is 136 Å². The molecule has 0 amide bonds. The molecule has 306 valence electrons. The number of unbranched alkanes of at least 4 members (excludes halogenated alkanes) is 7. The van der Waals surface area contributed by atoms with Gasteiger partial charge in [-0.15, -0.1) is 0 Å². The van der Waals surface area contributed by atoms with Crippen LogP contribution < -0.4 is 0 Å². The van der Waals surface area contributed by atoms with Crippen LogP contribution in [0, 0.1) is 0 Å². The van der Waals surface area contributed by atoms with E-state index in [2.05, 4.69) is 98.9 Å². The number of ether oxygens (including phenoxy) is 3. The van der Waals surface area contributed by atoms with Gasteiger partial charge in [0.15, 0.2) is 12.1 Å². The Morgan fingerprint density at radius 1 is 0.556 bits per heavy atom. The Bertz CT molecular complexity index is 1160. The number of aliphatic carboxylic acids is 1. The largest absolute Gasteiger partial charge is 0.477 e. The Labute approximate surface area is 329 Å². The predicted octanol–water partition coefficient (Wildman–Crippen LogP) is 11.0. The number of carbonyl (C=O) groups excluding carboxylic acids is 2. The molecule has 0 aromatic heterocycles. The summed E-state index contributed by atoms with van der Waals surface area (Å²) in [5, 5.41) is 9.60. The molecule has 1 N–H and O–H groups in total. The van der Waals surface area contributed by atoms with E-state index in [9.17, 15) is 19.5 Å². The van der Waals surface area contributed by atoms with Gasteiger partial charge in [-0.3, -0.25) is 9.59 Å². The van der Waals surface area contributed by atoms with Crippen molar-refractivity contribution in [3.63, 3.8) is 0 Å². The third-order valence-electron chi connectivity index (χ3n) is 8.54. The van der Waals surface area contributed by atoms with Crippen molar-refractivity contribution in [1.82, 2.24) is 0 Å². The van der Waals surface area contributed by atoms with Gasteiger partial charge in [0.05, 0.1) is 34.4 Å². The van der Waals surface area contributed by atoms with E-state index in [1.807, 2.05) is 21.1 Å². The smallest absolute Gasteiger partial charge is 0.362 e. The van der Waals surface area contributed by atoms with Crippen LogP contribution in [0.3, 0.4) is 0 Å². The summed E-state index contributed by atoms with van der Waals surface area (Å²) in [6.45, 7) is 4.40. The highest BCUT2D eigenvalue weighted by molar-refractivity contribution is 5.72. The molecule has 0 spiro atoms. The standard InChI is InChI=1S/C46H75NO7/c1-6-8-10-12-14-16-18-19-20-21-22-23-24-25-27-29-31-33-35-37-45(49)54-42(40-52-39-38-43(46(50)51)47(3,4)5)41-53-44(48)36-34-32-30-28-26-17-15-13-11-9-7-2/h8-11,14-17,19-20,22-23,28,30,42-43H,6-7,12-13,18,21,24-27,29,31-41H2,1-5H3/p+1/b10-8+,11-9+,16-14+,17-15+,20-19+,23-22+,30-28+. The van der Waals surface area contributed by atoms with Gasteiger partial charge in [-0.1, -0.05) is 125 Å². The number of nitrogens with zero attached hydrogens (tertiary/aromatic N) is 1. The van der Waals surface area contributed by atoms with Gasteiger partial charge in [0.1, 0.15) is 6.61 Å². The van der Waals surface area contributed by atoms with Crippen molar-refractivity contribution in [3.8, 4) is 0 Å². The van der Waals surface area contributed by atoms with Crippen LogP contribution in [0.5, 0.6) is 0 Å². The molecular weight excluding hydrogens is 679 g/mol. The lowest BCUT2D eigenvalue weighted by Crippen LogP contribution is -2.50. The zero-order chi connectivity index (χ0) is 40.0. The van der Waals surface area contributed by atoms with Crippen LogP contribution in [0.2, 0.25) is 0 Å². The molecule has 2 atom stereocenters. The van der Waals surface area contributed by atoms with Crippen molar-refractivity contribution in [2.75, 3.05) is 41.0 Å². The number of allylic oxidation sites excluding steroid dienone is 14. The topological polar surface area (TPSA) is 99.1 Å². The lowest BCUT2D eigenvalue weighted by atomic mass is 10.1. The molecule has 0 fully saturated rings. The van der Waals surface area contributed by atoms with Gasteiger partial charge in [-0.05, 0) is 77.0 Å². The van der Waals surface area contributed by atoms with E-state index in [1.165, 1.54) is 12.8 Å². The molecular formula is C46H76NO7+. The second-order valence-electron chi connectivity index (χ2n) is 14.5. The van der Waals surface area contributed by atoms with Gasteiger partial charge in [0.25, 0.3) is 0 Å². The highest BCUT2D eigenvalue weighted by Crippen LogP contribution is 2.12. The van der Waals surface area contributed by atoms with Gasteiger partial charge in [-0.25, -0.2) is 4.79 Å². The van der Waals surface area contributed by atoms with Crippen molar-refractivity contribution in [2.45, 2.75) is 148 Å². The summed E-state index contributed by atoms with van der Waals surface area (Å²) in [6, 6.07) is -0.628. The second kappa shape index (κ2) is 36.5. The van der Waals surface area contributed by atoms with Gasteiger partial charge in [0.2, 0.25) is 0 Å². The summed E-state index contributed by atoms with van der Waals surface area (Å²) < 4.78 is 17.2. The Hall–Kier alpha value is -3.49. The summed E-state index contributed by atoms with van der Waals surface area (Å²) >= 11 is 0. The molecule has 0 saturated carbocycles. The first-order chi connectivity index (χ1) is 26.1. The van der Waals surface area contributed by atoms with E-state index in [-0.39, 0.29) is 42.7 Å². The number of carbonyl (C=O) groups is 3. The Morgan fingerprint density at radius 3 is 1.50 bits per heavy atom. The summed E-state index contributed by atoms with van der Waals surface area (Å²) in [7, 11) is 5.49. The molecule has 8 heteroatoms. The van der Waals surface area contributed by atoms with Crippen molar-refractivity contribution >= 4 is 17.9 Å². The fourth-order valence-electron chi connectivity index (χ4n) is 5.40. The van der Waals surface area contributed by atoms with Crippen LogP contribution in [0.4, 0.5) is 0 Å². The third-order valence-corrected chi connectivity index (χ3v) is 8.54. The highest BCUT2D eigenvalue weighted by Gasteiger charge is 2.31. The molecule has 0 saturated heterocycles. The van der Waals surface area contributed by atoms with E-state index in [1.54, 1.807) is 0 Å². The van der Waals surface area contributed by atoms with Gasteiger partial charge in [-0.2, -0.15) is 0 Å². The molecule has 2 unspecified atom stereocenters. The fourth-order valence-corrected chi connectivity index (χ4v) is 5.40. The minimum atomic E-state index is -0.889. The van der Waals surface area contributed by atoms with E-state index >= 15 is 0 Å². The molecule has 0 bridgehead atoms. The van der Waals surface area contributed by atoms with Crippen LogP contribution in [-0.2, 0) is 28.6 Å². The quantitative estimate of drug-likeness (QED) is 0.0298. The maximum absolute atomic E-state index is 12.7. The van der Waals surface area contributed by atoms with E-state index in [4.69, 9.17) is 14.2 Å². The number of hydrogen-bond acceptors (Lipinski definition) is 6. The van der Waals surface area contributed by atoms with Crippen molar-refractivity contribution in [3.05, 3.63) is 85.1 Å². The fraction of sp³-hybridized carbons (Fsp3) is 0.630. The van der Waals surface area contributed by atoms with Gasteiger partial charge < -0.3 is 23.8 Å². The van der Waals surface area contributed by atoms with Crippen LogP contribution in [0.25, 0.3) is 0 Å². The van der Waals surface area contributed by atoms with Crippen LogP contribution in [-0.4, -0.2) is 80.6 Å². The molecule has 0 aromatic rings. The average Bonchev–Trinajstić information content (AvgIpc) is 3.12. The number of likely N-dealkylation sites (N-methyl/N-ethyl adjacent to an activating group) is 1. The number of carboxylic acids is 1. The summed E-state index contributed by atoms with van der Waals surface area (Å²) in [4.78, 5) is 36.8. The lowest BCUT2D eigenvalue weighted by Gasteiger charge is -2.31. The van der Waals surface area contributed by atoms with Crippen molar-refractivity contribution in [1.29, 1.82) is 0 Å². The number of rotatable bonds is 35. The van der Waals surface area contributed by atoms with E-state index in [0.717, 1.165) is 83.5 Å². The lowest BCUT2D eigenvalue weighted by molar-refractivity contribution is -0.887. The minimum Gasteiger partial charge on any atom is -0.477 e. The first-order valence-corrected chi connectivity index (χ1v) is 20.6. The Morgan fingerprint density at radius 2 is 1.00 bits per heavy atom. The molecule has 0 rings (SSSR count). The Kier molecular flexibility index (Phi) is 34.1. The first-order valence-electron chi connectivity index (χ1n) is 20.6. The number of quaternary nitrogens is 1. The second-order valence-corrected chi connectivity index (χ2v) is 14.5. The SMILES string of the molecule is CC/C=C/C/C=C/C/C=C/C/C=C/CCCCCCCCC(=O)OC(COCCC(C(=O)O)[N+](C)(C)C)COC(=O)CCC/C=C/C/C=C/C/C=C/CC. The molecule has 0 aliphatic rings. The summed E-state index contributed by atoms with van der Waals surface area (Å²) in [5.41, 5.74) is 0. The number of hydrogen-bond donors (Lipinski definition) is 1. The predicted molar refractivity (Wildman–Crippen MR) is 224 cm³/mol. The van der Waals surface area contributed by atoms with Crippen molar-refractivity contribution < 1.29 is 38.2 Å². The summed E-state index contributed by atoms with van der Waals surface area (Å²) in [6.07, 6.45) is 46.4. The number of esters is 2. The van der Waals surface area contributed by atoms with Crippen LogP contribution in [0.15, 0.2) is 85.1 Å². The highest BCUT2D eigenvalue weighted by atomic mass is 16.6. The molecule has 0 heterocycles. The molecule has 0 aliphatic heterocycles. The first kappa shape index (κ1) is 50.5. The summed E-state index contributed by atoms with van der Waals surface area (Å²) in [5.74, 6) is -1.57. The zero-order valence-electron chi connectivity index (χ0n) is 34.6.